The molecule has 0 aromatic heterocycles. The highest BCUT2D eigenvalue weighted by atomic mass is 32.2. The molecule has 0 unspecified atom stereocenters. The predicted molar refractivity (Wildman–Crippen MR) is 158 cm³/mol. The molecule has 214 valence electrons. The minimum Gasteiger partial charge on any atom is -0.497 e. The molecule has 9 heteroatoms. The SMILES string of the molecule is CCCCNC(=O)[C@@H](CC)N(Cc1cccc(OC)c1)C(=O)CN(c1cccc(C)c1)S(=O)(=O)c1ccccc1. The predicted octanol–water partition coefficient (Wildman–Crippen LogP) is 4.92. The molecule has 0 saturated heterocycles. The molecule has 3 aromatic carbocycles. The zero-order valence-corrected chi connectivity index (χ0v) is 24.5. The molecule has 0 aliphatic heterocycles. The second-order valence-electron chi connectivity index (χ2n) is 9.61. The number of nitrogens with zero attached hydrogens (tertiary/aromatic N) is 2. The summed E-state index contributed by atoms with van der Waals surface area (Å²) in [6, 6.07) is 21.6. The maximum Gasteiger partial charge on any atom is 0.264 e. The van der Waals surface area contributed by atoms with Crippen molar-refractivity contribution in [3.05, 3.63) is 90.0 Å². The van der Waals surface area contributed by atoms with Crippen molar-refractivity contribution >= 4 is 27.5 Å². The van der Waals surface area contributed by atoms with Gasteiger partial charge < -0.3 is 15.0 Å². The van der Waals surface area contributed by atoms with Crippen LogP contribution < -0.4 is 14.4 Å². The Labute approximate surface area is 238 Å². The standard InChI is InChI=1S/C31H39N3O5S/c1-5-7-19-32-31(36)29(6-2)33(22-25-14-12-16-27(21-25)39-4)30(35)23-34(26-15-11-13-24(3)20-26)40(37,38)28-17-9-8-10-18-28/h8-18,20-21,29H,5-7,19,22-23H2,1-4H3,(H,32,36)/t29-/m1/s1. The number of benzene rings is 3. The van der Waals surface area contributed by atoms with Crippen LogP contribution in [0.4, 0.5) is 5.69 Å². The first kappa shape index (κ1) is 30.7. The van der Waals surface area contributed by atoms with Crippen LogP contribution in [0, 0.1) is 6.92 Å². The summed E-state index contributed by atoms with van der Waals surface area (Å²) in [7, 11) is -2.53. The van der Waals surface area contributed by atoms with E-state index in [-0.39, 0.29) is 17.3 Å². The highest BCUT2D eigenvalue weighted by Gasteiger charge is 2.33. The molecular weight excluding hydrogens is 526 g/mol. The summed E-state index contributed by atoms with van der Waals surface area (Å²) in [5, 5.41) is 2.94. The normalized spacial score (nSPS) is 11.9. The van der Waals surface area contributed by atoms with Crippen LogP contribution in [-0.4, -0.2) is 51.4 Å². The number of rotatable bonds is 14. The second kappa shape index (κ2) is 14.5. The van der Waals surface area contributed by atoms with Gasteiger partial charge in [-0.1, -0.05) is 62.7 Å². The number of carbonyl (C=O) groups is 2. The number of aryl methyl sites for hydroxylation is 1. The number of unbranched alkanes of at least 4 members (excludes halogenated alkanes) is 1. The van der Waals surface area contributed by atoms with Crippen LogP contribution in [0.15, 0.2) is 83.8 Å². The maximum atomic E-state index is 14.1. The summed E-state index contributed by atoms with van der Waals surface area (Å²) in [5.74, 6) is -0.125. The van der Waals surface area contributed by atoms with Crippen molar-refractivity contribution in [3.8, 4) is 5.75 Å². The molecule has 0 radical (unpaired) electrons. The number of hydrogen-bond acceptors (Lipinski definition) is 5. The lowest BCUT2D eigenvalue weighted by Crippen LogP contribution is -2.52. The van der Waals surface area contributed by atoms with Crippen LogP contribution >= 0.6 is 0 Å². The van der Waals surface area contributed by atoms with Gasteiger partial charge in [0.1, 0.15) is 18.3 Å². The van der Waals surface area contributed by atoms with E-state index in [4.69, 9.17) is 4.74 Å². The Morgan fingerprint density at radius 3 is 2.33 bits per heavy atom. The van der Waals surface area contributed by atoms with Gasteiger partial charge in [-0.25, -0.2) is 8.42 Å². The highest BCUT2D eigenvalue weighted by Crippen LogP contribution is 2.26. The highest BCUT2D eigenvalue weighted by molar-refractivity contribution is 7.92. The molecule has 0 bridgehead atoms. The molecule has 40 heavy (non-hydrogen) atoms. The average molecular weight is 566 g/mol. The number of sulfonamides is 1. The Morgan fingerprint density at radius 1 is 0.950 bits per heavy atom. The lowest BCUT2D eigenvalue weighted by molar-refractivity contribution is -0.140. The van der Waals surface area contributed by atoms with Crippen molar-refractivity contribution in [2.75, 3.05) is 24.5 Å². The summed E-state index contributed by atoms with van der Waals surface area (Å²) in [5.41, 5.74) is 1.99. The van der Waals surface area contributed by atoms with Gasteiger partial charge in [0, 0.05) is 13.1 Å². The monoisotopic (exact) mass is 565 g/mol. The van der Waals surface area contributed by atoms with Crippen LogP contribution in [0.2, 0.25) is 0 Å². The Hall–Kier alpha value is -3.85. The molecule has 8 nitrogen and oxygen atoms in total. The molecule has 0 saturated carbocycles. The van der Waals surface area contributed by atoms with Crippen molar-refractivity contribution in [1.82, 2.24) is 10.2 Å². The first-order valence-electron chi connectivity index (χ1n) is 13.6. The molecule has 0 heterocycles. The molecule has 0 spiro atoms. The van der Waals surface area contributed by atoms with Crippen LogP contribution in [0.5, 0.6) is 5.75 Å². The quantitative estimate of drug-likeness (QED) is 0.280. The second-order valence-corrected chi connectivity index (χ2v) is 11.5. The van der Waals surface area contributed by atoms with Crippen LogP contribution in [0.1, 0.15) is 44.2 Å². The minimum atomic E-state index is -4.09. The molecule has 3 aromatic rings. The van der Waals surface area contributed by atoms with Crippen LogP contribution in [0.3, 0.4) is 0 Å². The van der Waals surface area contributed by atoms with Gasteiger partial charge >= 0.3 is 0 Å². The summed E-state index contributed by atoms with van der Waals surface area (Å²) >= 11 is 0. The fourth-order valence-corrected chi connectivity index (χ4v) is 5.85. The number of nitrogens with one attached hydrogen (secondary N) is 1. The van der Waals surface area contributed by atoms with Crippen molar-refractivity contribution in [3.63, 3.8) is 0 Å². The molecule has 0 fully saturated rings. The van der Waals surface area contributed by atoms with Crippen molar-refractivity contribution < 1.29 is 22.7 Å². The number of amides is 2. The smallest absolute Gasteiger partial charge is 0.264 e. The Kier molecular flexibility index (Phi) is 11.1. The molecular formula is C31H39N3O5S. The molecule has 1 atom stereocenters. The van der Waals surface area contributed by atoms with Crippen LogP contribution in [0.25, 0.3) is 0 Å². The van der Waals surface area contributed by atoms with Gasteiger partial charge in [0.25, 0.3) is 10.0 Å². The van der Waals surface area contributed by atoms with E-state index in [1.807, 2.05) is 39.0 Å². The zero-order valence-electron chi connectivity index (χ0n) is 23.7. The fourth-order valence-electron chi connectivity index (χ4n) is 4.42. The lowest BCUT2D eigenvalue weighted by Gasteiger charge is -2.33. The largest absolute Gasteiger partial charge is 0.497 e. The maximum absolute atomic E-state index is 14.1. The van der Waals surface area contributed by atoms with Gasteiger partial charge in [-0.05, 0) is 67.3 Å². The van der Waals surface area contributed by atoms with E-state index in [1.54, 1.807) is 55.6 Å². The number of anilines is 1. The van der Waals surface area contributed by atoms with E-state index in [0.29, 0.717) is 24.4 Å². The first-order valence-corrected chi connectivity index (χ1v) is 15.0. The third-order valence-electron chi connectivity index (χ3n) is 6.60. The van der Waals surface area contributed by atoms with E-state index in [2.05, 4.69) is 5.32 Å². The first-order chi connectivity index (χ1) is 19.2. The van der Waals surface area contributed by atoms with E-state index in [1.165, 1.54) is 17.0 Å². The zero-order chi connectivity index (χ0) is 29.1. The van der Waals surface area contributed by atoms with E-state index in [0.717, 1.165) is 28.3 Å². The van der Waals surface area contributed by atoms with Crippen molar-refractivity contribution in [1.29, 1.82) is 0 Å². The van der Waals surface area contributed by atoms with Gasteiger partial charge in [0.15, 0.2) is 0 Å². The lowest BCUT2D eigenvalue weighted by atomic mass is 10.1. The van der Waals surface area contributed by atoms with Gasteiger partial charge in [-0.15, -0.1) is 0 Å². The van der Waals surface area contributed by atoms with E-state index < -0.39 is 28.5 Å². The number of methoxy groups -OCH3 is 1. The molecule has 0 aliphatic rings. The Morgan fingerprint density at radius 2 is 1.68 bits per heavy atom. The van der Waals surface area contributed by atoms with Crippen molar-refractivity contribution in [2.24, 2.45) is 0 Å². The Bertz CT molecular complexity index is 1380. The van der Waals surface area contributed by atoms with Gasteiger partial charge in [0.05, 0.1) is 17.7 Å². The third kappa shape index (κ3) is 7.85. The summed E-state index contributed by atoms with van der Waals surface area (Å²) in [4.78, 5) is 28.9. The summed E-state index contributed by atoms with van der Waals surface area (Å²) < 4.78 is 34.2. The van der Waals surface area contributed by atoms with Gasteiger partial charge in [0.2, 0.25) is 11.8 Å². The number of ether oxygens (including phenoxy) is 1. The Balaban J connectivity index is 2.03. The average Bonchev–Trinajstić information content (AvgIpc) is 2.96. The van der Waals surface area contributed by atoms with Gasteiger partial charge in [-0.3, -0.25) is 13.9 Å². The van der Waals surface area contributed by atoms with Crippen LogP contribution in [-0.2, 0) is 26.2 Å². The van der Waals surface area contributed by atoms with Crippen molar-refractivity contribution in [2.45, 2.75) is 57.5 Å². The fraction of sp³-hybridized carbons (Fsp3) is 0.355. The minimum absolute atomic E-state index is 0.0769. The third-order valence-corrected chi connectivity index (χ3v) is 8.39. The molecule has 3 rings (SSSR count). The number of carbonyl (C=O) groups excluding carboxylic acids is 2. The molecule has 0 aliphatic carbocycles. The van der Waals surface area contributed by atoms with Gasteiger partial charge in [-0.2, -0.15) is 0 Å². The molecule has 1 N–H and O–H groups in total. The summed E-state index contributed by atoms with van der Waals surface area (Å²) in [6.07, 6.45) is 2.11. The van der Waals surface area contributed by atoms with E-state index in [9.17, 15) is 18.0 Å². The topological polar surface area (TPSA) is 96.0 Å². The molecule has 2 amide bonds. The van der Waals surface area contributed by atoms with E-state index >= 15 is 0 Å². The number of hydrogen-bond donors (Lipinski definition) is 1. The summed E-state index contributed by atoms with van der Waals surface area (Å²) in [6.45, 7) is 5.89.